The Morgan fingerprint density at radius 2 is 0.755 bits per heavy atom. The molecule has 0 aliphatic rings. The van der Waals surface area contributed by atoms with Crippen molar-refractivity contribution < 1.29 is 14.0 Å². The first-order valence-electron chi connectivity index (χ1n) is 20.3. The van der Waals surface area contributed by atoms with Crippen molar-refractivity contribution in [2.45, 2.75) is 103 Å². The number of hydrogen-bond acceptors (Lipinski definition) is 4. The minimum atomic E-state index is 0.605. The molecule has 5 heteroatoms. The van der Waals surface area contributed by atoms with Gasteiger partial charge in [-0.25, -0.2) is 0 Å². The van der Waals surface area contributed by atoms with Crippen LogP contribution in [0.15, 0.2) is 97.1 Å². The van der Waals surface area contributed by atoms with Gasteiger partial charge in [-0.3, -0.25) is 0 Å². The van der Waals surface area contributed by atoms with E-state index in [0.717, 1.165) is 39.6 Å². The molecule has 0 aromatic heterocycles. The van der Waals surface area contributed by atoms with Crippen molar-refractivity contribution in [1.82, 2.24) is 0 Å². The lowest BCUT2D eigenvalue weighted by Gasteiger charge is -2.30. The van der Waals surface area contributed by atoms with Crippen molar-refractivity contribution in [2.75, 3.05) is 40.4 Å². The van der Waals surface area contributed by atoms with Gasteiger partial charge in [0.25, 0.3) is 0 Å². The van der Waals surface area contributed by atoms with Gasteiger partial charge in [0.1, 0.15) is 23.6 Å². The summed E-state index contributed by atoms with van der Waals surface area (Å²) in [5.74, 6) is 1.43. The second-order valence-electron chi connectivity index (χ2n) is 15.1. The molecule has 0 spiro atoms. The minimum Gasteiger partial charge on any atom is -0.492 e. The third-order valence-corrected chi connectivity index (χ3v) is 10.2. The van der Waals surface area contributed by atoms with Crippen LogP contribution in [0, 0.1) is 22.7 Å². The molecule has 0 aliphatic heterocycles. The van der Waals surface area contributed by atoms with Gasteiger partial charge >= 0.3 is 0 Å². The molecule has 0 amide bonds. The molecule has 5 nitrogen and oxygen atoms in total. The van der Waals surface area contributed by atoms with Gasteiger partial charge in [0, 0.05) is 11.1 Å². The number of hydrogen-bond donors (Lipinski definition) is 0. The molecule has 0 saturated carbocycles. The Labute approximate surface area is 320 Å². The zero-order valence-electron chi connectivity index (χ0n) is 32.5. The maximum absolute atomic E-state index is 9.61. The van der Waals surface area contributed by atoms with E-state index in [1.165, 1.54) is 103 Å². The van der Waals surface area contributed by atoms with Crippen molar-refractivity contribution >= 4 is 0 Å². The summed E-state index contributed by atoms with van der Waals surface area (Å²) in [6, 6.07) is 36.6. The number of ether oxygens (including phenoxy) is 2. The van der Waals surface area contributed by atoms with Crippen LogP contribution in [-0.2, 0) is 0 Å². The monoisotopic (exact) mass is 712 g/mol. The third-order valence-electron chi connectivity index (χ3n) is 10.2. The molecule has 0 radical (unpaired) electrons. The van der Waals surface area contributed by atoms with E-state index in [2.05, 4.69) is 50.5 Å². The second-order valence-corrected chi connectivity index (χ2v) is 15.1. The van der Waals surface area contributed by atoms with E-state index < -0.39 is 0 Å². The molecule has 0 unspecified atom stereocenters. The molecule has 0 heterocycles. The Hall–Kier alpha value is -4.58. The maximum Gasteiger partial charge on any atom is 0.144 e. The summed E-state index contributed by atoms with van der Waals surface area (Å²) in [4.78, 5) is 0. The van der Waals surface area contributed by atoms with Crippen LogP contribution >= 0.6 is 0 Å². The summed E-state index contributed by atoms with van der Waals surface area (Å²) in [5, 5.41) is 19.2. The average Bonchev–Trinajstić information content (AvgIpc) is 3.19. The number of para-hydroxylation sites is 2. The van der Waals surface area contributed by atoms with Crippen LogP contribution in [0.25, 0.3) is 22.3 Å². The second kappa shape index (κ2) is 23.9. The first-order valence-corrected chi connectivity index (χ1v) is 20.3. The van der Waals surface area contributed by atoms with Gasteiger partial charge in [0.05, 0.1) is 51.5 Å². The lowest BCUT2D eigenvalue weighted by atomic mass is 10.0. The van der Waals surface area contributed by atoms with Gasteiger partial charge in [-0.1, -0.05) is 149 Å². The van der Waals surface area contributed by atoms with Crippen LogP contribution in [0.5, 0.6) is 11.5 Å². The predicted octanol–water partition coefficient (Wildman–Crippen LogP) is 12.5. The lowest BCUT2D eigenvalue weighted by molar-refractivity contribution is -0.890. The molecule has 4 aromatic carbocycles. The lowest BCUT2D eigenvalue weighted by Crippen LogP contribution is -2.41. The van der Waals surface area contributed by atoms with Crippen molar-refractivity contribution in [3.05, 3.63) is 108 Å². The van der Waals surface area contributed by atoms with Gasteiger partial charge in [0.15, 0.2) is 0 Å². The van der Waals surface area contributed by atoms with E-state index in [0.29, 0.717) is 35.8 Å². The molecule has 280 valence electrons. The molecule has 0 saturated heterocycles. The quantitative estimate of drug-likeness (QED) is 0.0480. The van der Waals surface area contributed by atoms with Gasteiger partial charge < -0.3 is 14.0 Å². The summed E-state index contributed by atoms with van der Waals surface area (Å²) in [6.45, 7) is 3.86. The molecular formula is C48H62N3O2+. The smallest absolute Gasteiger partial charge is 0.144 e. The fourth-order valence-corrected chi connectivity index (χ4v) is 7.12. The van der Waals surface area contributed by atoms with Crippen molar-refractivity contribution in [1.29, 1.82) is 10.5 Å². The Morgan fingerprint density at radius 3 is 1.11 bits per heavy atom. The first-order chi connectivity index (χ1) is 26.0. The van der Waals surface area contributed by atoms with Crippen LogP contribution < -0.4 is 9.47 Å². The van der Waals surface area contributed by atoms with E-state index >= 15 is 0 Å². The van der Waals surface area contributed by atoms with Gasteiger partial charge in [-0.15, -0.1) is 0 Å². The van der Waals surface area contributed by atoms with E-state index in [1.807, 2.05) is 72.8 Å². The molecule has 4 aromatic rings. The first kappa shape index (κ1) is 41.2. The Balaban J connectivity index is 0.948. The molecule has 0 aliphatic carbocycles. The fourth-order valence-electron chi connectivity index (χ4n) is 7.12. The number of benzene rings is 4. The summed E-state index contributed by atoms with van der Waals surface area (Å²) >= 11 is 0. The standard InChI is InChI=1S/C48H62N3O2/c1-51(2,35-21-11-7-3-5-9-13-23-37-52-47-43(39-49)31-25-33-45(47)41-27-17-15-18-28-41)36-22-12-8-4-6-10-14-24-38-53-48-44(40-50)32-26-34-46(48)42-29-19-16-20-30-42/h15-20,25-34H,3-14,21-24,35-38H2,1-2H3/q+1. The molecule has 0 atom stereocenters. The Morgan fingerprint density at radius 1 is 0.415 bits per heavy atom. The van der Waals surface area contributed by atoms with E-state index in [9.17, 15) is 10.5 Å². The zero-order chi connectivity index (χ0) is 37.4. The highest BCUT2D eigenvalue weighted by atomic mass is 16.5. The molecule has 0 N–H and O–H groups in total. The number of nitriles is 2. The summed E-state index contributed by atoms with van der Waals surface area (Å²) in [6.07, 6.45) is 20.1. The maximum atomic E-state index is 9.61. The fraction of sp³-hybridized carbons (Fsp3) is 0.458. The van der Waals surface area contributed by atoms with E-state index in [1.54, 1.807) is 0 Å². The topological polar surface area (TPSA) is 66.0 Å². The number of unbranched alkanes of at least 4 members (excludes halogenated alkanes) is 14. The van der Waals surface area contributed by atoms with Crippen LogP contribution in [0.4, 0.5) is 0 Å². The molecular weight excluding hydrogens is 651 g/mol. The predicted molar refractivity (Wildman–Crippen MR) is 220 cm³/mol. The molecule has 0 fully saturated rings. The summed E-state index contributed by atoms with van der Waals surface area (Å²) in [7, 11) is 4.81. The highest BCUT2D eigenvalue weighted by Gasteiger charge is 2.15. The van der Waals surface area contributed by atoms with Crippen LogP contribution in [0.3, 0.4) is 0 Å². The van der Waals surface area contributed by atoms with Crippen LogP contribution in [0.2, 0.25) is 0 Å². The molecule has 0 bridgehead atoms. The van der Waals surface area contributed by atoms with Crippen molar-refractivity contribution in [3.63, 3.8) is 0 Å². The van der Waals surface area contributed by atoms with Gasteiger partial charge in [0.2, 0.25) is 0 Å². The van der Waals surface area contributed by atoms with Gasteiger partial charge in [-0.05, 0) is 61.8 Å². The number of nitrogens with zero attached hydrogens (tertiary/aromatic N) is 3. The van der Waals surface area contributed by atoms with Crippen molar-refractivity contribution in [3.8, 4) is 45.9 Å². The zero-order valence-corrected chi connectivity index (χ0v) is 32.5. The Kier molecular flexibility index (Phi) is 18.6. The van der Waals surface area contributed by atoms with Crippen molar-refractivity contribution in [2.24, 2.45) is 0 Å². The largest absolute Gasteiger partial charge is 0.492 e. The Bertz CT molecular complexity index is 1560. The SMILES string of the molecule is C[N+](C)(CCCCCCCCCCOc1c(C#N)cccc1-c1ccccc1)CCCCCCCCCCOc1c(C#N)cccc1-c1ccccc1. The van der Waals surface area contributed by atoms with Crippen LogP contribution in [0.1, 0.15) is 114 Å². The highest BCUT2D eigenvalue weighted by Crippen LogP contribution is 2.34. The highest BCUT2D eigenvalue weighted by molar-refractivity contribution is 5.74. The van der Waals surface area contributed by atoms with Crippen LogP contribution in [-0.4, -0.2) is 44.9 Å². The average molecular weight is 713 g/mol. The van der Waals surface area contributed by atoms with E-state index in [-0.39, 0.29) is 0 Å². The number of rotatable bonds is 26. The molecule has 53 heavy (non-hydrogen) atoms. The normalized spacial score (nSPS) is 11.2. The third kappa shape index (κ3) is 14.8. The molecule has 4 rings (SSSR count). The summed E-state index contributed by atoms with van der Waals surface area (Å²) < 4.78 is 13.5. The van der Waals surface area contributed by atoms with Gasteiger partial charge in [-0.2, -0.15) is 10.5 Å². The summed E-state index contributed by atoms with van der Waals surface area (Å²) in [5.41, 5.74) is 5.36. The van der Waals surface area contributed by atoms with E-state index in [4.69, 9.17) is 9.47 Å². The number of quaternary nitrogens is 1. The minimum absolute atomic E-state index is 0.605.